The molecule has 0 aliphatic carbocycles. The van der Waals surface area contributed by atoms with Crippen LogP contribution in [0, 0.1) is 0 Å². The summed E-state index contributed by atoms with van der Waals surface area (Å²) < 4.78 is 0. The molecule has 0 radical (unpaired) electrons. The maximum absolute atomic E-state index is 13.5. The minimum absolute atomic E-state index is 0.0461. The van der Waals surface area contributed by atoms with Gasteiger partial charge in [0.25, 0.3) is 0 Å². The smallest absolute Gasteiger partial charge is 0.237 e. The van der Waals surface area contributed by atoms with Gasteiger partial charge in [-0.15, -0.1) is 0 Å². The number of carbonyl (C=O) groups is 2. The molecule has 2 N–H and O–H groups in total. The Hall–Kier alpha value is -3.61. The van der Waals surface area contributed by atoms with E-state index >= 15 is 0 Å². The van der Waals surface area contributed by atoms with E-state index in [4.69, 9.17) is 11.6 Å². The molecule has 44 heavy (non-hydrogen) atoms. The Labute approximate surface area is 266 Å². The zero-order valence-corrected chi connectivity index (χ0v) is 26.2. The summed E-state index contributed by atoms with van der Waals surface area (Å²) in [6, 6.07) is 24.5. The predicted molar refractivity (Wildman–Crippen MR) is 178 cm³/mol. The minimum atomic E-state index is -0.245. The fourth-order valence-electron chi connectivity index (χ4n) is 6.80. The van der Waals surface area contributed by atoms with Gasteiger partial charge in [-0.05, 0) is 79.0 Å². The van der Waals surface area contributed by atoms with E-state index in [-0.39, 0.29) is 23.9 Å². The Morgan fingerprint density at radius 1 is 0.909 bits per heavy atom. The maximum atomic E-state index is 13.5. The highest BCUT2D eigenvalue weighted by atomic mass is 35.5. The molecule has 2 amide bonds. The number of hydrogen-bond donors (Lipinski definition) is 2. The zero-order valence-electron chi connectivity index (χ0n) is 25.4. The lowest BCUT2D eigenvalue weighted by atomic mass is 9.94. The molecule has 0 bridgehead atoms. The van der Waals surface area contributed by atoms with E-state index < -0.39 is 0 Å². The molecule has 3 aromatic rings. The first-order chi connectivity index (χ1) is 21.5. The number of amides is 2. The van der Waals surface area contributed by atoms with Crippen LogP contribution in [0.2, 0.25) is 5.02 Å². The highest BCUT2D eigenvalue weighted by Crippen LogP contribution is 2.28. The Bertz CT molecular complexity index is 1480. The normalized spacial score (nSPS) is 19.6. The molecule has 3 aliphatic heterocycles. The number of anilines is 1. The topological polar surface area (TPSA) is 64.7 Å². The lowest BCUT2D eigenvalue weighted by Gasteiger charge is -2.34. The fraction of sp³-hybridized carbons (Fsp3) is 0.405. The molecule has 6 rings (SSSR count). The van der Waals surface area contributed by atoms with Gasteiger partial charge >= 0.3 is 0 Å². The van der Waals surface area contributed by atoms with E-state index in [0.717, 1.165) is 57.3 Å². The van der Waals surface area contributed by atoms with Gasteiger partial charge in [0.2, 0.25) is 11.8 Å². The van der Waals surface area contributed by atoms with Crippen LogP contribution in [0.3, 0.4) is 0 Å². The summed E-state index contributed by atoms with van der Waals surface area (Å²) in [6.45, 7) is 4.08. The van der Waals surface area contributed by atoms with Crippen LogP contribution in [0.1, 0.15) is 60.8 Å². The van der Waals surface area contributed by atoms with E-state index in [1.807, 2.05) is 35.2 Å². The first kappa shape index (κ1) is 30.4. The third-order valence-corrected chi connectivity index (χ3v) is 9.55. The largest absolute Gasteiger partial charge is 0.371 e. The number of carbonyl (C=O) groups excluding carboxylic acids is 2. The number of likely N-dealkylation sites (tertiary alicyclic amines) is 1. The van der Waals surface area contributed by atoms with Crippen molar-refractivity contribution in [1.29, 1.82) is 0 Å². The van der Waals surface area contributed by atoms with Crippen LogP contribution in [0.5, 0.6) is 0 Å². The number of piperidine rings is 1. The molecule has 3 heterocycles. The average Bonchev–Trinajstić information content (AvgIpc) is 3.26. The first-order valence-corrected chi connectivity index (χ1v) is 16.5. The quantitative estimate of drug-likeness (QED) is 0.298. The average molecular weight is 611 g/mol. The van der Waals surface area contributed by atoms with Crippen molar-refractivity contribution >= 4 is 29.1 Å². The number of nitrogens with zero attached hydrogens (tertiary/aromatic N) is 2. The lowest BCUT2D eigenvalue weighted by molar-refractivity contribution is -0.131. The summed E-state index contributed by atoms with van der Waals surface area (Å²) in [7, 11) is 0. The van der Waals surface area contributed by atoms with Crippen molar-refractivity contribution in [2.75, 3.05) is 24.5 Å². The van der Waals surface area contributed by atoms with Gasteiger partial charge in [0.1, 0.15) is 0 Å². The van der Waals surface area contributed by atoms with Gasteiger partial charge < -0.3 is 20.4 Å². The number of para-hydroxylation sites is 1. The van der Waals surface area contributed by atoms with Crippen molar-refractivity contribution in [3.05, 3.63) is 112 Å². The van der Waals surface area contributed by atoms with Crippen LogP contribution >= 0.6 is 11.6 Å². The summed E-state index contributed by atoms with van der Waals surface area (Å²) in [4.78, 5) is 30.7. The summed E-state index contributed by atoms with van der Waals surface area (Å²) in [5.41, 5.74) is 7.49. The summed E-state index contributed by atoms with van der Waals surface area (Å²) >= 11 is 6.16. The van der Waals surface area contributed by atoms with Gasteiger partial charge in [0.05, 0.1) is 12.1 Å². The monoisotopic (exact) mass is 610 g/mol. The first-order valence-electron chi connectivity index (χ1n) is 16.2. The molecule has 2 saturated heterocycles. The zero-order chi connectivity index (χ0) is 30.3. The molecule has 0 spiro atoms. The van der Waals surface area contributed by atoms with Gasteiger partial charge in [-0.3, -0.25) is 9.59 Å². The fourth-order valence-corrected chi connectivity index (χ4v) is 6.93. The van der Waals surface area contributed by atoms with E-state index in [2.05, 4.69) is 64.1 Å². The molecular formula is C37H43ClN4O2. The van der Waals surface area contributed by atoms with Crippen LogP contribution in [-0.2, 0) is 35.5 Å². The van der Waals surface area contributed by atoms with Gasteiger partial charge in [0.15, 0.2) is 0 Å². The molecule has 230 valence electrons. The highest BCUT2D eigenvalue weighted by molar-refractivity contribution is 6.30. The third kappa shape index (κ3) is 7.72. The number of benzene rings is 3. The van der Waals surface area contributed by atoms with Gasteiger partial charge in [-0.25, -0.2) is 0 Å². The number of rotatable bonds is 8. The van der Waals surface area contributed by atoms with Gasteiger partial charge in [0, 0.05) is 49.9 Å². The standard InChI is InChI=1S/C37H43ClN4O2/c38-32-15-13-27(14-16-32)22-33(40-37(44)34-24-29-8-3-4-9-30(29)25-39-34)23-28-17-20-41(21-18-28)35-11-6-5-10-31(35)26-42-19-7-1-2-12-36(42)43/h3-6,8-11,13-16,23,33-34,39H,1-2,7,12,17-22,24-26H2,(H,40,44)/t33-,34-/m1/s1. The SMILES string of the molecule is O=C(N[C@@H](C=C1CCN(c2ccccc2CN2CCCCCC2=O)CC1)Cc1ccc(Cl)cc1)[C@H]1Cc2ccccc2CN1. The molecule has 3 aromatic carbocycles. The highest BCUT2D eigenvalue weighted by Gasteiger charge is 2.26. The van der Waals surface area contributed by atoms with E-state index in [1.165, 1.54) is 28.0 Å². The summed E-state index contributed by atoms with van der Waals surface area (Å²) in [5, 5.41) is 7.52. The van der Waals surface area contributed by atoms with Crippen LogP contribution in [0.25, 0.3) is 0 Å². The van der Waals surface area contributed by atoms with Crippen LogP contribution < -0.4 is 15.5 Å². The molecule has 3 aliphatic rings. The maximum Gasteiger partial charge on any atom is 0.237 e. The molecular weight excluding hydrogens is 568 g/mol. The Kier molecular flexibility index (Phi) is 9.99. The molecule has 0 aromatic heterocycles. The van der Waals surface area contributed by atoms with Crippen molar-refractivity contribution in [1.82, 2.24) is 15.5 Å². The summed E-state index contributed by atoms with van der Waals surface area (Å²) in [5.74, 6) is 0.326. The van der Waals surface area contributed by atoms with Crippen LogP contribution in [0.4, 0.5) is 5.69 Å². The summed E-state index contributed by atoms with van der Waals surface area (Å²) in [6.07, 6.45) is 9.48. The molecule has 6 nitrogen and oxygen atoms in total. The molecule has 7 heteroatoms. The van der Waals surface area contributed by atoms with E-state index in [9.17, 15) is 9.59 Å². The van der Waals surface area contributed by atoms with Gasteiger partial charge in [-0.2, -0.15) is 0 Å². The number of hydrogen-bond acceptors (Lipinski definition) is 4. The van der Waals surface area contributed by atoms with Gasteiger partial charge in [-0.1, -0.05) is 84.3 Å². The second-order valence-corrected chi connectivity index (χ2v) is 12.9. The molecule has 0 unspecified atom stereocenters. The van der Waals surface area contributed by atoms with Crippen LogP contribution in [-0.4, -0.2) is 48.4 Å². The predicted octanol–water partition coefficient (Wildman–Crippen LogP) is 6.21. The van der Waals surface area contributed by atoms with Crippen LogP contribution in [0.15, 0.2) is 84.4 Å². The Balaban J connectivity index is 1.13. The number of nitrogens with one attached hydrogen (secondary N) is 2. The van der Waals surface area contributed by atoms with Crippen molar-refractivity contribution in [3.63, 3.8) is 0 Å². The Morgan fingerprint density at radius 2 is 1.66 bits per heavy atom. The van der Waals surface area contributed by atoms with Crippen molar-refractivity contribution in [2.45, 2.75) is 76.5 Å². The van der Waals surface area contributed by atoms with E-state index in [1.54, 1.807) is 0 Å². The lowest BCUT2D eigenvalue weighted by Crippen LogP contribution is -2.50. The van der Waals surface area contributed by atoms with E-state index in [0.29, 0.717) is 37.4 Å². The molecule has 0 saturated carbocycles. The van der Waals surface area contributed by atoms with Crippen molar-refractivity contribution in [3.8, 4) is 0 Å². The second-order valence-electron chi connectivity index (χ2n) is 12.4. The minimum Gasteiger partial charge on any atom is -0.371 e. The number of halogens is 1. The molecule has 2 atom stereocenters. The van der Waals surface area contributed by atoms with Crippen molar-refractivity contribution < 1.29 is 9.59 Å². The number of fused-ring (bicyclic) bond motifs is 1. The third-order valence-electron chi connectivity index (χ3n) is 9.30. The van der Waals surface area contributed by atoms with Crippen molar-refractivity contribution in [2.24, 2.45) is 0 Å². The second kappa shape index (κ2) is 14.4. The Morgan fingerprint density at radius 3 is 2.48 bits per heavy atom. The molecule has 2 fully saturated rings.